The maximum atomic E-state index is 13.3. The van der Waals surface area contributed by atoms with Crippen molar-refractivity contribution in [3.63, 3.8) is 0 Å². The number of hydrogen-bond donors (Lipinski definition) is 0. The Morgan fingerprint density at radius 2 is 1.76 bits per heavy atom. The highest BCUT2D eigenvalue weighted by Crippen LogP contribution is 2.35. The predicted octanol–water partition coefficient (Wildman–Crippen LogP) is 6.94. The van der Waals surface area contributed by atoms with Crippen molar-refractivity contribution >= 4 is 16.7 Å². The molecule has 5 nitrogen and oxygen atoms in total. The molecule has 34 heavy (non-hydrogen) atoms. The lowest BCUT2D eigenvalue weighted by Crippen LogP contribution is -2.11. The van der Waals surface area contributed by atoms with Gasteiger partial charge in [-0.3, -0.25) is 0 Å². The Kier molecular flexibility index (Phi) is 4.90. The first-order valence-electron chi connectivity index (χ1n) is 11.5. The van der Waals surface area contributed by atoms with E-state index in [9.17, 15) is 13.2 Å². The predicted molar refractivity (Wildman–Crippen MR) is 124 cm³/mol. The fourth-order valence-electron chi connectivity index (χ4n) is 4.94. The summed E-state index contributed by atoms with van der Waals surface area (Å²) in [6.45, 7) is 0. The first-order valence-corrected chi connectivity index (χ1v) is 11.5. The van der Waals surface area contributed by atoms with Gasteiger partial charge < -0.3 is 8.97 Å². The van der Waals surface area contributed by atoms with Gasteiger partial charge in [-0.05, 0) is 37.1 Å². The molecule has 6 rings (SSSR count). The molecule has 8 heteroatoms. The highest BCUT2D eigenvalue weighted by atomic mass is 19.4. The highest BCUT2D eigenvalue weighted by molar-refractivity contribution is 5.85. The highest BCUT2D eigenvalue weighted by Gasteiger charge is 2.30. The van der Waals surface area contributed by atoms with Gasteiger partial charge in [0.05, 0.1) is 28.6 Å². The molecular weight excluding hydrogens is 439 g/mol. The van der Waals surface area contributed by atoms with Gasteiger partial charge in [0.1, 0.15) is 5.69 Å². The standard InChI is InChI=1S/C26H22F3N5/c27-26(28,29)19-6-4-5-17(13-19)22-15-33-12-11-30-25(33)24(32-22)18-9-10-21-23(14-18)34(16-31-21)20-7-2-1-3-8-20/h4-6,9-16,20H,1-3,7-8H2. The third kappa shape index (κ3) is 3.63. The molecule has 0 N–H and O–H groups in total. The van der Waals surface area contributed by atoms with Crippen molar-refractivity contribution in [3.8, 4) is 22.5 Å². The summed E-state index contributed by atoms with van der Waals surface area (Å²) in [6, 6.07) is 11.7. The lowest BCUT2D eigenvalue weighted by molar-refractivity contribution is -0.137. The van der Waals surface area contributed by atoms with Crippen LogP contribution in [0.3, 0.4) is 0 Å². The Bertz CT molecular complexity index is 1490. The van der Waals surface area contributed by atoms with E-state index in [1.807, 2.05) is 18.5 Å². The molecule has 1 fully saturated rings. The summed E-state index contributed by atoms with van der Waals surface area (Å²) in [5, 5.41) is 0. The molecule has 3 aromatic heterocycles. The van der Waals surface area contributed by atoms with Crippen LogP contribution in [-0.2, 0) is 6.18 Å². The molecule has 0 radical (unpaired) electrons. The van der Waals surface area contributed by atoms with Crippen LogP contribution in [0, 0.1) is 0 Å². The zero-order chi connectivity index (χ0) is 23.3. The molecule has 1 aliphatic rings. The Hall–Kier alpha value is -3.68. The summed E-state index contributed by atoms with van der Waals surface area (Å²) in [5.41, 5.74) is 4.25. The zero-order valence-electron chi connectivity index (χ0n) is 18.3. The monoisotopic (exact) mass is 461 g/mol. The fraction of sp³-hybridized carbons (Fsp3) is 0.269. The van der Waals surface area contributed by atoms with Gasteiger partial charge >= 0.3 is 6.18 Å². The third-order valence-corrected chi connectivity index (χ3v) is 6.68. The minimum absolute atomic E-state index is 0.403. The van der Waals surface area contributed by atoms with Gasteiger partial charge in [0.2, 0.25) is 0 Å². The Balaban J connectivity index is 1.49. The van der Waals surface area contributed by atoms with Crippen LogP contribution >= 0.6 is 0 Å². The van der Waals surface area contributed by atoms with Crippen LogP contribution in [0.25, 0.3) is 39.2 Å². The molecular formula is C26H22F3N5. The summed E-state index contributed by atoms with van der Waals surface area (Å²) >= 11 is 0. The van der Waals surface area contributed by atoms with Crippen LogP contribution in [0.2, 0.25) is 0 Å². The number of alkyl halides is 3. The Morgan fingerprint density at radius 3 is 2.59 bits per heavy atom. The van der Waals surface area contributed by atoms with Gasteiger partial charge in [-0.15, -0.1) is 0 Å². The van der Waals surface area contributed by atoms with E-state index in [2.05, 4.69) is 20.6 Å². The summed E-state index contributed by atoms with van der Waals surface area (Å²) in [4.78, 5) is 13.8. The van der Waals surface area contributed by atoms with Crippen LogP contribution in [0.1, 0.15) is 43.7 Å². The number of benzene rings is 2. The van der Waals surface area contributed by atoms with E-state index in [4.69, 9.17) is 4.98 Å². The number of hydrogen-bond acceptors (Lipinski definition) is 3. The van der Waals surface area contributed by atoms with Crippen molar-refractivity contribution in [2.75, 3.05) is 0 Å². The summed E-state index contributed by atoms with van der Waals surface area (Å²) in [7, 11) is 0. The number of fused-ring (bicyclic) bond motifs is 2. The van der Waals surface area contributed by atoms with Gasteiger partial charge in [0.15, 0.2) is 5.65 Å². The summed E-state index contributed by atoms with van der Waals surface area (Å²) in [5.74, 6) is 0. The zero-order valence-corrected chi connectivity index (χ0v) is 18.3. The molecule has 2 aromatic carbocycles. The van der Waals surface area contributed by atoms with Crippen LogP contribution < -0.4 is 0 Å². The first kappa shape index (κ1) is 20.9. The van der Waals surface area contributed by atoms with Crippen molar-refractivity contribution in [1.82, 2.24) is 23.9 Å². The van der Waals surface area contributed by atoms with Crippen molar-refractivity contribution in [1.29, 1.82) is 0 Å². The van der Waals surface area contributed by atoms with Gasteiger partial charge in [0, 0.05) is 35.8 Å². The SMILES string of the molecule is FC(F)(F)c1cccc(-c2cn3ccnc3c(-c3ccc4ncn(C5CCCCC5)c4c3)n2)c1. The number of imidazole rings is 2. The van der Waals surface area contributed by atoms with E-state index in [1.54, 1.807) is 29.1 Å². The second kappa shape index (κ2) is 7.97. The molecule has 1 saturated carbocycles. The molecule has 172 valence electrons. The molecule has 0 amide bonds. The topological polar surface area (TPSA) is 48.0 Å². The molecule has 0 saturated heterocycles. The van der Waals surface area contributed by atoms with E-state index in [0.717, 1.165) is 41.6 Å². The summed E-state index contributed by atoms with van der Waals surface area (Å²) < 4.78 is 44.0. The molecule has 0 bridgehead atoms. The average molecular weight is 461 g/mol. The van der Waals surface area contributed by atoms with E-state index < -0.39 is 11.7 Å². The van der Waals surface area contributed by atoms with E-state index in [-0.39, 0.29) is 0 Å². The van der Waals surface area contributed by atoms with Crippen molar-refractivity contribution in [2.24, 2.45) is 0 Å². The van der Waals surface area contributed by atoms with Crippen molar-refractivity contribution in [3.05, 3.63) is 72.9 Å². The molecule has 5 aromatic rings. The minimum atomic E-state index is -4.42. The second-order valence-electron chi connectivity index (χ2n) is 8.86. The van der Waals surface area contributed by atoms with Gasteiger partial charge in [-0.1, -0.05) is 37.5 Å². The van der Waals surface area contributed by atoms with Crippen molar-refractivity contribution < 1.29 is 13.2 Å². The maximum absolute atomic E-state index is 13.3. The number of nitrogens with zero attached hydrogens (tertiary/aromatic N) is 5. The molecule has 0 atom stereocenters. The normalized spacial score (nSPS) is 15.4. The van der Waals surface area contributed by atoms with E-state index >= 15 is 0 Å². The molecule has 0 unspecified atom stereocenters. The van der Waals surface area contributed by atoms with Gasteiger partial charge in [-0.25, -0.2) is 15.0 Å². The van der Waals surface area contributed by atoms with E-state index in [0.29, 0.717) is 28.6 Å². The smallest absolute Gasteiger partial charge is 0.327 e. The van der Waals surface area contributed by atoms with Gasteiger partial charge in [0.25, 0.3) is 0 Å². The molecule has 3 heterocycles. The third-order valence-electron chi connectivity index (χ3n) is 6.68. The van der Waals surface area contributed by atoms with E-state index in [1.165, 1.54) is 25.3 Å². The number of halogens is 3. The number of rotatable bonds is 3. The van der Waals surface area contributed by atoms with Crippen LogP contribution in [-0.4, -0.2) is 23.9 Å². The maximum Gasteiger partial charge on any atom is 0.416 e. The number of aromatic nitrogens is 5. The second-order valence-corrected chi connectivity index (χ2v) is 8.86. The lowest BCUT2D eigenvalue weighted by atomic mass is 9.95. The van der Waals surface area contributed by atoms with Crippen molar-refractivity contribution in [2.45, 2.75) is 44.3 Å². The minimum Gasteiger partial charge on any atom is -0.327 e. The molecule has 0 spiro atoms. The van der Waals surface area contributed by atoms with Crippen LogP contribution in [0.4, 0.5) is 13.2 Å². The lowest BCUT2D eigenvalue weighted by Gasteiger charge is -2.23. The van der Waals surface area contributed by atoms with Gasteiger partial charge in [-0.2, -0.15) is 13.2 Å². The fourth-order valence-corrected chi connectivity index (χ4v) is 4.94. The Morgan fingerprint density at radius 1 is 0.912 bits per heavy atom. The average Bonchev–Trinajstić information content (AvgIpc) is 3.50. The molecule has 0 aliphatic heterocycles. The van der Waals surface area contributed by atoms with Crippen LogP contribution in [0.5, 0.6) is 0 Å². The first-order chi connectivity index (χ1) is 16.5. The summed E-state index contributed by atoms with van der Waals surface area (Å²) in [6.07, 6.45) is 8.67. The molecule has 1 aliphatic carbocycles. The van der Waals surface area contributed by atoms with Crippen LogP contribution in [0.15, 0.2) is 67.4 Å². The quantitative estimate of drug-likeness (QED) is 0.292. The Labute approximate surface area is 193 Å². The largest absolute Gasteiger partial charge is 0.416 e.